The highest BCUT2D eigenvalue weighted by Crippen LogP contribution is 2.33. The van der Waals surface area contributed by atoms with E-state index in [4.69, 9.17) is 14.2 Å². The van der Waals surface area contributed by atoms with Gasteiger partial charge in [0.05, 0.1) is 13.0 Å². The van der Waals surface area contributed by atoms with Crippen LogP contribution in [0.3, 0.4) is 0 Å². The van der Waals surface area contributed by atoms with Gasteiger partial charge in [0.15, 0.2) is 0 Å². The number of likely N-dealkylation sites (tertiary alicyclic amines) is 1. The first-order valence-corrected chi connectivity index (χ1v) is 12.5. The summed E-state index contributed by atoms with van der Waals surface area (Å²) in [5.74, 6) is -1.67. The van der Waals surface area contributed by atoms with Crippen molar-refractivity contribution < 1.29 is 38.5 Å². The zero-order valence-corrected chi connectivity index (χ0v) is 23.3. The Balaban J connectivity index is 1.83. The predicted octanol–water partition coefficient (Wildman–Crippen LogP) is 4.42. The average molecular weight is 542 g/mol. The van der Waals surface area contributed by atoms with Crippen LogP contribution < -0.4 is 9.64 Å². The Morgan fingerprint density at radius 2 is 1.51 bits per heavy atom. The van der Waals surface area contributed by atoms with Crippen LogP contribution in [0.2, 0.25) is 0 Å². The molecule has 2 aromatic rings. The second-order valence-corrected chi connectivity index (χ2v) is 11.2. The number of hydrogen-bond acceptors (Lipinski definition) is 8. The first-order chi connectivity index (χ1) is 18.1. The lowest BCUT2D eigenvalue weighted by molar-refractivity contribution is -0.171. The van der Waals surface area contributed by atoms with Crippen LogP contribution in [-0.2, 0) is 32.0 Å². The maximum Gasteiger partial charge on any atom is 0.425 e. The number of carbonyl (C=O) groups is 4. The van der Waals surface area contributed by atoms with Gasteiger partial charge < -0.3 is 24.2 Å². The van der Waals surface area contributed by atoms with Crippen molar-refractivity contribution in [3.8, 4) is 5.75 Å². The number of aromatic nitrogens is 1. The number of rotatable bonds is 7. The second-order valence-electron chi connectivity index (χ2n) is 11.2. The lowest BCUT2D eigenvalue weighted by Crippen LogP contribution is -2.64. The third-order valence-electron chi connectivity index (χ3n) is 5.73. The average Bonchev–Trinajstić information content (AvgIpc) is 2.81. The fraction of sp³-hybridized carbons (Fsp3) is 0.464. The van der Waals surface area contributed by atoms with Crippen molar-refractivity contribution in [2.75, 3.05) is 12.0 Å². The molecule has 1 saturated heterocycles. The number of aliphatic carboxylic acids is 1. The Morgan fingerprint density at radius 3 is 2.00 bits per heavy atom. The Morgan fingerprint density at radius 1 is 0.949 bits per heavy atom. The van der Waals surface area contributed by atoms with Crippen molar-refractivity contribution in [3.05, 3.63) is 53.7 Å². The Bertz CT molecular complexity index is 1200. The number of imide groups is 1. The molecule has 2 heterocycles. The fourth-order valence-electron chi connectivity index (χ4n) is 4.07. The number of amides is 3. The fourth-order valence-corrected chi connectivity index (χ4v) is 4.07. The molecule has 210 valence electrons. The largest absolute Gasteiger partial charge is 0.497 e. The number of β-lactam (4-membered cyclic amide) rings is 1. The van der Waals surface area contributed by atoms with Gasteiger partial charge in [-0.05, 0) is 83.4 Å². The maximum atomic E-state index is 13.0. The summed E-state index contributed by atoms with van der Waals surface area (Å²) in [6.45, 7) is 10.1. The first kappa shape index (κ1) is 29.4. The molecule has 11 nitrogen and oxygen atoms in total. The van der Waals surface area contributed by atoms with Gasteiger partial charge in [0.2, 0.25) is 5.91 Å². The molecule has 0 radical (unpaired) electrons. The molecule has 2 atom stereocenters. The minimum atomic E-state index is -1.12. The Labute approximate surface area is 227 Å². The van der Waals surface area contributed by atoms with Crippen LogP contribution in [0.25, 0.3) is 0 Å². The topological polar surface area (TPSA) is 136 Å². The van der Waals surface area contributed by atoms with E-state index in [-0.39, 0.29) is 24.7 Å². The predicted molar refractivity (Wildman–Crippen MR) is 141 cm³/mol. The SMILES string of the molecule is COc1ccc(CN2C(=O)[C@H](Cc3ccnc(N(C(=O)OC(C)(C)C)C(=O)OC(C)(C)C)c3)[C@H]2C(=O)O)cc1. The van der Waals surface area contributed by atoms with Crippen LogP contribution in [0.5, 0.6) is 5.75 Å². The number of carboxylic acid groups (broad SMARTS) is 1. The molecular formula is C28H35N3O8. The van der Waals surface area contributed by atoms with Crippen molar-refractivity contribution in [1.29, 1.82) is 0 Å². The molecule has 1 aromatic heterocycles. The zero-order valence-electron chi connectivity index (χ0n) is 23.3. The summed E-state index contributed by atoms with van der Waals surface area (Å²) >= 11 is 0. The second kappa shape index (κ2) is 11.3. The summed E-state index contributed by atoms with van der Waals surface area (Å²) in [4.78, 5) is 57.2. The highest BCUT2D eigenvalue weighted by atomic mass is 16.6. The molecule has 11 heteroatoms. The van der Waals surface area contributed by atoms with E-state index >= 15 is 0 Å². The lowest BCUT2D eigenvalue weighted by Gasteiger charge is -2.44. The maximum absolute atomic E-state index is 13.0. The molecule has 1 aliphatic rings. The van der Waals surface area contributed by atoms with Gasteiger partial charge in [-0.3, -0.25) is 4.79 Å². The van der Waals surface area contributed by atoms with Gasteiger partial charge in [-0.2, -0.15) is 4.90 Å². The molecule has 0 aliphatic carbocycles. The first-order valence-electron chi connectivity index (χ1n) is 12.5. The number of hydrogen-bond donors (Lipinski definition) is 1. The highest BCUT2D eigenvalue weighted by Gasteiger charge is 2.51. The third kappa shape index (κ3) is 7.46. The quantitative estimate of drug-likeness (QED) is 0.505. The molecule has 1 N–H and O–H groups in total. The van der Waals surface area contributed by atoms with E-state index in [0.29, 0.717) is 16.2 Å². The number of carbonyl (C=O) groups excluding carboxylic acids is 3. The molecule has 39 heavy (non-hydrogen) atoms. The summed E-state index contributed by atoms with van der Waals surface area (Å²) in [6.07, 6.45) is -0.508. The van der Waals surface area contributed by atoms with E-state index in [1.165, 1.54) is 17.2 Å². The Kier molecular flexibility index (Phi) is 8.52. The molecule has 0 saturated carbocycles. The molecule has 0 unspecified atom stereocenters. The van der Waals surface area contributed by atoms with Crippen LogP contribution in [0.1, 0.15) is 52.7 Å². The van der Waals surface area contributed by atoms with Gasteiger partial charge in [0, 0.05) is 12.7 Å². The van der Waals surface area contributed by atoms with Crippen LogP contribution in [0.4, 0.5) is 15.4 Å². The highest BCUT2D eigenvalue weighted by molar-refractivity contribution is 6.08. The van der Waals surface area contributed by atoms with Crippen molar-refractivity contribution >= 4 is 29.9 Å². The van der Waals surface area contributed by atoms with Crippen molar-refractivity contribution in [2.24, 2.45) is 5.92 Å². The van der Waals surface area contributed by atoms with Gasteiger partial charge in [-0.1, -0.05) is 12.1 Å². The van der Waals surface area contributed by atoms with Crippen LogP contribution in [0, 0.1) is 5.92 Å². The van der Waals surface area contributed by atoms with E-state index in [2.05, 4.69) is 4.98 Å². The number of nitrogens with zero attached hydrogens (tertiary/aromatic N) is 3. The number of benzene rings is 1. The van der Waals surface area contributed by atoms with E-state index in [0.717, 1.165) is 5.56 Å². The smallest absolute Gasteiger partial charge is 0.425 e. The molecule has 1 aromatic carbocycles. The molecular weight excluding hydrogens is 506 g/mol. The van der Waals surface area contributed by atoms with E-state index < -0.39 is 41.3 Å². The summed E-state index contributed by atoms with van der Waals surface area (Å²) in [5, 5.41) is 9.88. The van der Waals surface area contributed by atoms with Crippen molar-refractivity contribution in [2.45, 2.75) is 71.8 Å². The van der Waals surface area contributed by atoms with Gasteiger partial charge in [0.1, 0.15) is 28.8 Å². The number of anilines is 1. The third-order valence-corrected chi connectivity index (χ3v) is 5.73. The number of pyridine rings is 1. The summed E-state index contributed by atoms with van der Waals surface area (Å²) < 4.78 is 15.9. The number of ether oxygens (including phenoxy) is 3. The minimum Gasteiger partial charge on any atom is -0.497 e. The standard InChI is InChI=1S/C28H35N3O8/c1-27(2,3)38-25(35)31(26(36)39-28(4,5)6)21-15-18(12-13-29-21)14-20-22(24(33)34)30(23(20)32)16-17-8-10-19(37-7)11-9-17/h8-13,15,20,22H,14,16H2,1-7H3,(H,33,34)/t20-,22+/m1/s1. The van der Waals surface area contributed by atoms with E-state index in [1.54, 1.807) is 79.0 Å². The van der Waals surface area contributed by atoms with Crippen molar-refractivity contribution in [3.63, 3.8) is 0 Å². The summed E-state index contributed by atoms with van der Waals surface area (Å²) in [5.41, 5.74) is -0.499. The normalized spacial score (nSPS) is 17.2. The minimum absolute atomic E-state index is 0.0651. The van der Waals surface area contributed by atoms with Crippen molar-refractivity contribution in [1.82, 2.24) is 9.88 Å². The monoisotopic (exact) mass is 541 g/mol. The lowest BCUT2D eigenvalue weighted by atomic mass is 9.82. The molecule has 3 rings (SSSR count). The molecule has 1 aliphatic heterocycles. The van der Waals surface area contributed by atoms with Gasteiger partial charge in [-0.25, -0.2) is 19.4 Å². The zero-order chi connectivity index (χ0) is 29.1. The summed E-state index contributed by atoms with van der Waals surface area (Å²) in [6, 6.07) is 9.05. The molecule has 0 bridgehead atoms. The number of carboxylic acids is 1. The van der Waals surface area contributed by atoms with Gasteiger partial charge >= 0.3 is 18.2 Å². The number of methoxy groups -OCH3 is 1. The molecule has 0 spiro atoms. The molecule has 3 amide bonds. The van der Waals surface area contributed by atoms with E-state index in [9.17, 15) is 24.3 Å². The van der Waals surface area contributed by atoms with Crippen LogP contribution in [0.15, 0.2) is 42.6 Å². The van der Waals surface area contributed by atoms with Gasteiger partial charge in [0.25, 0.3) is 0 Å². The Hall–Kier alpha value is -4.15. The van der Waals surface area contributed by atoms with Gasteiger partial charge in [-0.15, -0.1) is 0 Å². The summed E-state index contributed by atoms with van der Waals surface area (Å²) in [7, 11) is 1.55. The van der Waals surface area contributed by atoms with E-state index in [1.807, 2.05) is 0 Å². The van der Waals surface area contributed by atoms with Crippen LogP contribution in [-0.4, -0.2) is 63.4 Å². The van der Waals surface area contributed by atoms with Crippen LogP contribution >= 0.6 is 0 Å². The molecule has 1 fully saturated rings.